The van der Waals surface area contributed by atoms with Gasteiger partial charge < -0.3 is 10.6 Å². The SMILES string of the molecule is NCCn1nc(C2CCN(C(=O)CCC3CCCCC3)C2)c2nccnc21. The lowest BCUT2D eigenvalue weighted by Gasteiger charge is -2.22. The minimum Gasteiger partial charge on any atom is -0.342 e. The molecule has 7 nitrogen and oxygen atoms in total. The van der Waals surface area contributed by atoms with Crippen molar-refractivity contribution in [3.8, 4) is 0 Å². The fourth-order valence-electron chi connectivity index (χ4n) is 4.65. The van der Waals surface area contributed by atoms with Crippen LogP contribution in [-0.4, -0.2) is 50.2 Å². The van der Waals surface area contributed by atoms with E-state index in [-0.39, 0.29) is 5.92 Å². The third kappa shape index (κ3) is 3.98. The zero-order valence-corrected chi connectivity index (χ0v) is 16.0. The first-order valence-corrected chi connectivity index (χ1v) is 10.4. The number of nitrogens with two attached hydrogens (primary N) is 1. The van der Waals surface area contributed by atoms with Crippen molar-refractivity contribution < 1.29 is 4.79 Å². The van der Waals surface area contributed by atoms with Crippen molar-refractivity contribution in [3.63, 3.8) is 0 Å². The molecule has 2 N–H and O–H groups in total. The van der Waals surface area contributed by atoms with E-state index in [1.807, 2.05) is 9.58 Å². The van der Waals surface area contributed by atoms with Crippen molar-refractivity contribution >= 4 is 17.1 Å². The molecule has 3 heterocycles. The summed E-state index contributed by atoms with van der Waals surface area (Å²) in [5.74, 6) is 1.30. The Hall–Kier alpha value is -2.02. The maximum atomic E-state index is 12.7. The number of fused-ring (bicyclic) bond motifs is 1. The van der Waals surface area contributed by atoms with Crippen molar-refractivity contribution in [2.24, 2.45) is 11.7 Å². The number of nitrogens with zero attached hydrogens (tertiary/aromatic N) is 5. The van der Waals surface area contributed by atoms with Crippen LogP contribution in [0.3, 0.4) is 0 Å². The monoisotopic (exact) mass is 370 g/mol. The van der Waals surface area contributed by atoms with Crippen LogP contribution in [0, 0.1) is 5.92 Å². The lowest BCUT2D eigenvalue weighted by atomic mass is 9.86. The molecule has 0 aromatic carbocycles. The largest absolute Gasteiger partial charge is 0.342 e. The minimum absolute atomic E-state index is 0.238. The van der Waals surface area contributed by atoms with E-state index in [0.29, 0.717) is 25.4 Å². The molecule has 1 atom stereocenters. The Labute approximate surface area is 160 Å². The average Bonchev–Trinajstić information content (AvgIpc) is 3.33. The van der Waals surface area contributed by atoms with Gasteiger partial charge in [0.25, 0.3) is 0 Å². The highest BCUT2D eigenvalue weighted by atomic mass is 16.2. The molecule has 0 radical (unpaired) electrons. The summed E-state index contributed by atoms with van der Waals surface area (Å²) in [6.45, 7) is 2.71. The second-order valence-electron chi connectivity index (χ2n) is 7.99. The number of hydrogen-bond acceptors (Lipinski definition) is 5. The summed E-state index contributed by atoms with van der Waals surface area (Å²) >= 11 is 0. The van der Waals surface area contributed by atoms with Crippen molar-refractivity contribution in [3.05, 3.63) is 18.1 Å². The summed E-state index contributed by atoms with van der Waals surface area (Å²) in [6.07, 6.45) is 12.7. The van der Waals surface area contributed by atoms with Crippen LogP contribution >= 0.6 is 0 Å². The molecule has 1 aliphatic heterocycles. The highest BCUT2D eigenvalue weighted by Crippen LogP contribution is 2.32. The number of hydrogen-bond donors (Lipinski definition) is 1. The summed E-state index contributed by atoms with van der Waals surface area (Å²) in [7, 11) is 0. The molecule has 0 bridgehead atoms. The maximum absolute atomic E-state index is 12.7. The van der Waals surface area contributed by atoms with Gasteiger partial charge in [0.05, 0.1) is 12.2 Å². The van der Waals surface area contributed by atoms with Crippen LogP contribution < -0.4 is 5.73 Å². The van der Waals surface area contributed by atoms with E-state index in [0.717, 1.165) is 48.7 Å². The van der Waals surface area contributed by atoms with E-state index in [1.165, 1.54) is 32.1 Å². The first-order valence-electron chi connectivity index (χ1n) is 10.4. The van der Waals surface area contributed by atoms with Gasteiger partial charge in [-0.15, -0.1) is 0 Å². The van der Waals surface area contributed by atoms with Crippen LogP contribution in [0.2, 0.25) is 0 Å². The summed E-state index contributed by atoms with van der Waals surface area (Å²) in [5.41, 5.74) is 8.32. The highest BCUT2D eigenvalue weighted by Gasteiger charge is 2.31. The first-order chi connectivity index (χ1) is 13.3. The van der Waals surface area contributed by atoms with Crippen molar-refractivity contribution in [1.29, 1.82) is 0 Å². The van der Waals surface area contributed by atoms with E-state index in [4.69, 9.17) is 10.8 Å². The fraction of sp³-hybridized carbons (Fsp3) is 0.700. The van der Waals surface area contributed by atoms with Gasteiger partial charge in [0.1, 0.15) is 5.52 Å². The van der Waals surface area contributed by atoms with Crippen molar-refractivity contribution in [1.82, 2.24) is 24.6 Å². The van der Waals surface area contributed by atoms with Gasteiger partial charge >= 0.3 is 0 Å². The predicted octanol–water partition coefficient (Wildman–Crippen LogP) is 2.46. The molecule has 1 saturated carbocycles. The van der Waals surface area contributed by atoms with Gasteiger partial charge in [0, 0.05) is 44.4 Å². The third-order valence-electron chi connectivity index (χ3n) is 6.15. The molecule has 146 valence electrons. The lowest BCUT2D eigenvalue weighted by Crippen LogP contribution is -2.29. The first kappa shape index (κ1) is 18.3. The quantitative estimate of drug-likeness (QED) is 0.843. The molecule has 2 aliphatic rings. The zero-order chi connectivity index (χ0) is 18.6. The zero-order valence-electron chi connectivity index (χ0n) is 16.0. The van der Waals surface area contributed by atoms with Crippen molar-refractivity contribution in [2.45, 2.75) is 63.8 Å². The maximum Gasteiger partial charge on any atom is 0.222 e. The number of rotatable bonds is 6. The second kappa shape index (κ2) is 8.33. The van der Waals surface area contributed by atoms with Crippen LogP contribution in [0.5, 0.6) is 0 Å². The Balaban J connectivity index is 1.40. The van der Waals surface area contributed by atoms with Gasteiger partial charge in [0.2, 0.25) is 5.91 Å². The Bertz CT molecular complexity index is 782. The molecule has 1 amide bonds. The summed E-state index contributed by atoms with van der Waals surface area (Å²) < 4.78 is 1.85. The Morgan fingerprint density at radius 2 is 1.96 bits per heavy atom. The van der Waals surface area contributed by atoms with Crippen LogP contribution in [0.25, 0.3) is 11.2 Å². The molecule has 1 unspecified atom stereocenters. The molecule has 1 saturated heterocycles. The predicted molar refractivity (Wildman–Crippen MR) is 104 cm³/mol. The Morgan fingerprint density at radius 3 is 2.78 bits per heavy atom. The molecule has 0 spiro atoms. The Kier molecular flexibility index (Phi) is 5.66. The van der Waals surface area contributed by atoms with E-state index >= 15 is 0 Å². The van der Waals surface area contributed by atoms with Crippen LogP contribution in [0.4, 0.5) is 0 Å². The normalized spacial score (nSPS) is 21.2. The van der Waals surface area contributed by atoms with Gasteiger partial charge in [0.15, 0.2) is 5.65 Å². The molecule has 2 aromatic heterocycles. The number of carbonyl (C=O) groups excluding carboxylic acids is 1. The lowest BCUT2D eigenvalue weighted by molar-refractivity contribution is -0.130. The molecule has 4 rings (SSSR count). The van der Waals surface area contributed by atoms with Gasteiger partial charge in [-0.3, -0.25) is 4.79 Å². The van der Waals surface area contributed by atoms with Crippen LogP contribution in [-0.2, 0) is 11.3 Å². The van der Waals surface area contributed by atoms with Crippen LogP contribution in [0.15, 0.2) is 12.4 Å². The molecule has 2 aromatic rings. The van der Waals surface area contributed by atoms with Gasteiger partial charge in [-0.1, -0.05) is 32.1 Å². The Morgan fingerprint density at radius 1 is 1.15 bits per heavy atom. The third-order valence-corrected chi connectivity index (χ3v) is 6.15. The topological polar surface area (TPSA) is 89.9 Å². The van der Waals surface area contributed by atoms with Gasteiger partial charge in [-0.2, -0.15) is 5.10 Å². The van der Waals surface area contributed by atoms with Crippen LogP contribution in [0.1, 0.15) is 63.0 Å². The van der Waals surface area contributed by atoms with Gasteiger partial charge in [-0.05, 0) is 18.8 Å². The van der Waals surface area contributed by atoms with Gasteiger partial charge in [-0.25, -0.2) is 14.6 Å². The smallest absolute Gasteiger partial charge is 0.222 e. The van der Waals surface area contributed by atoms with E-state index in [2.05, 4.69) is 9.97 Å². The summed E-state index contributed by atoms with van der Waals surface area (Å²) in [5, 5.41) is 4.75. The summed E-state index contributed by atoms with van der Waals surface area (Å²) in [6, 6.07) is 0. The molecular formula is C20H30N6O. The van der Waals surface area contributed by atoms with Crippen molar-refractivity contribution in [2.75, 3.05) is 19.6 Å². The van der Waals surface area contributed by atoms with E-state index in [1.54, 1.807) is 12.4 Å². The molecule has 1 aliphatic carbocycles. The fourth-order valence-corrected chi connectivity index (χ4v) is 4.65. The highest BCUT2D eigenvalue weighted by molar-refractivity contribution is 5.77. The van der Waals surface area contributed by atoms with E-state index < -0.39 is 0 Å². The molecule has 27 heavy (non-hydrogen) atoms. The molecule has 2 fully saturated rings. The minimum atomic E-state index is 0.238. The number of aromatic nitrogens is 4. The number of carbonyl (C=O) groups is 1. The number of amides is 1. The molecular weight excluding hydrogens is 340 g/mol. The standard InChI is InChI=1S/C20H30N6O/c21-9-13-26-20-19(22-10-11-23-20)18(24-26)16-8-12-25(14-16)17(27)7-6-15-4-2-1-3-5-15/h10-11,15-16H,1-9,12-14,21H2. The second-order valence-corrected chi connectivity index (χ2v) is 7.99. The van der Waals surface area contributed by atoms with E-state index in [9.17, 15) is 4.79 Å². The molecule has 7 heteroatoms. The average molecular weight is 371 g/mol. The summed E-state index contributed by atoms with van der Waals surface area (Å²) in [4.78, 5) is 23.7. The number of likely N-dealkylation sites (tertiary alicyclic amines) is 1.